The van der Waals surface area contributed by atoms with Crippen LogP contribution in [0.15, 0.2) is 0 Å². The molecule has 0 aliphatic rings. The molecule has 0 bridgehead atoms. The van der Waals surface area contributed by atoms with E-state index in [1.54, 1.807) is 0 Å². The van der Waals surface area contributed by atoms with Gasteiger partial charge in [0.15, 0.2) is 0 Å². The minimum absolute atomic E-state index is 0.0346. The molecule has 0 aromatic rings. The molecule has 0 rings (SSSR count). The standard InChI is InChI=1S/C2H3.HI.W/c1-2;;/h1H3;1H;/q;;+1/p-1. The number of hydrogen-bond acceptors (Lipinski definition) is 0. The number of halogens is 1. The number of rotatable bonds is 0. The summed E-state index contributed by atoms with van der Waals surface area (Å²) in [5.41, 5.74) is 0. The van der Waals surface area contributed by atoms with E-state index in [0.29, 0.717) is 0 Å². The van der Waals surface area contributed by atoms with E-state index in [-0.39, 0.29) is 14.2 Å². The topological polar surface area (TPSA) is 0 Å². The van der Waals surface area contributed by atoms with Crippen molar-refractivity contribution in [1.82, 2.24) is 0 Å². The Hall–Kier alpha value is 1.20. The fourth-order valence-electron chi connectivity index (χ4n) is 0. The van der Waals surface area contributed by atoms with E-state index < -0.39 is 0 Å². The fraction of sp³-hybridized carbons (Fsp3) is 0.500. The van der Waals surface area contributed by atoms with Gasteiger partial charge >= 0.3 is 44.7 Å². The summed E-state index contributed by atoms with van der Waals surface area (Å²) < 4.78 is 3.08. The predicted molar refractivity (Wildman–Crippen MR) is 23.6 cm³/mol. The van der Waals surface area contributed by atoms with Crippen LogP contribution < -0.4 is 0 Å². The van der Waals surface area contributed by atoms with E-state index in [1.807, 2.05) is 6.92 Å². The van der Waals surface area contributed by atoms with Gasteiger partial charge < -0.3 is 0 Å². The third-order valence-electron chi connectivity index (χ3n) is 0.0772. The van der Waals surface area contributed by atoms with Crippen LogP contribution in [0.25, 0.3) is 0 Å². The van der Waals surface area contributed by atoms with Crippen LogP contribution in [0.1, 0.15) is 6.92 Å². The zero-order chi connectivity index (χ0) is 3.41. The van der Waals surface area contributed by atoms with Gasteiger partial charge in [-0.05, 0) is 0 Å². The predicted octanol–water partition coefficient (Wildman–Crippen LogP) is 1.40. The second-order valence-corrected chi connectivity index (χ2v) is 5.91. The van der Waals surface area contributed by atoms with Gasteiger partial charge in [0.05, 0.1) is 0 Å². The average molecular weight is 338 g/mol. The van der Waals surface area contributed by atoms with E-state index >= 15 is 0 Å². The van der Waals surface area contributed by atoms with Gasteiger partial charge in [-0.1, -0.05) is 0 Å². The molecule has 0 amide bonds. The molecule has 2 heteroatoms. The van der Waals surface area contributed by atoms with Gasteiger partial charge in [0, 0.05) is 0 Å². The molecule has 0 unspecified atom stereocenters. The van der Waals surface area contributed by atoms with Gasteiger partial charge in [0.1, 0.15) is 0 Å². The molecule has 0 fully saturated rings. The van der Waals surface area contributed by atoms with Crippen molar-refractivity contribution in [3.05, 3.63) is 0 Å². The van der Waals surface area contributed by atoms with Gasteiger partial charge in [-0.25, -0.2) is 0 Å². The Balaban J connectivity index is 2.83. The first-order chi connectivity index (χ1) is 1.91. The maximum absolute atomic E-state index is 3.08. The molecule has 0 saturated heterocycles. The second kappa shape index (κ2) is 4.20. The molecule has 0 atom stereocenters. The summed E-state index contributed by atoms with van der Waals surface area (Å²) in [4.78, 5) is 0. The summed E-state index contributed by atoms with van der Waals surface area (Å²) in [7, 11) is 0. The molecule has 0 radical (unpaired) electrons. The first-order valence-corrected chi connectivity index (χ1v) is 10.6. The van der Waals surface area contributed by atoms with Crippen molar-refractivity contribution in [3.63, 3.8) is 0 Å². The third kappa shape index (κ3) is 3.20. The summed E-state index contributed by atoms with van der Waals surface area (Å²) in [5, 5.41) is 0. The first-order valence-electron chi connectivity index (χ1n) is 0.858. The van der Waals surface area contributed by atoms with Crippen molar-refractivity contribution in [2.75, 3.05) is 0 Å². The summed E-state index contributed by atoms with van der Waals surface area (Å²) >= 11 is 2.37. The Morgan fingerprint density at radius 3 is 2.25 bits per heavy atom. The molecule has 24 valence electrons. The molecule has 4 heavy (non-hydrogen) atoms. The van der Waals surface area contributed by atoms with Gasteiger partial charge in [0.2, 0.25) is 0 Å². The van der Waals surface area contributed by atoms with Gasteiger partial charge in [0.25, 0.3) is 0 Å². The van der Waals surface area contributed by atoms with Crippen LogP contribution >= 0.6 is 19.4 Å². The molecule has 0 aromatic carbocycles. The second-order valence-electron chi connectivity index (χ2n) is 0.281. The minimum atomic E-state index is -0.0346. The third-order valence-corrected chi connectivity index (χ3v) is 4.24. The van der Waals surface area contributed by atoms with E-state index in [2.05, 4.69) is 23.6 Å². The molecular weight excluding hydrogens is 335 g/mol. The van der Waals surface area contributed by atoms with Crippen molar-refractivity contribution < 1.29 is 14.2 Å². The van der Waals surface area contributed by atoms with Crippen molar-refractivity contribution in [2.24, 2.45) is 0 Å². The average Bonchev–Trinajstić information content (AvgIpc) is 1.37. The molecular formula is C2H3IW. The molecule has 0 N–H and O–H groups in total. The van der Waals surface area contributed by atoms with Crippen molar-refractivity contribution in [1.29, 1.82) is 0 Å². The van der Waals surface area contributed by atoms with E-state index in [0.717, 1.165) is 0 Å². The van der Waals surface area contributed by atoms with Crippen LogP contribution in [0.3, 0.4) is 0 Å². The number of hydrogen-bond donors (Lipinski definition) is 0. The molecule has 0 aliphatic heterocycles. The molecule has 0 saturated carbocycles. The van der Waals surface area contributed by atoms with Crippen LogP contribution in [0, 0.1) is 4.20 Å². The SMILES string of the molecule is C[C]#[W][I]. The van der Waals surface area contributed by atoms with E-state index in [9.17, 15) is 0 Å². The summed E-state index contributed by atoms with van der Waals surface area (Å²) in [6.45, 7) is 2.00. The monoisotopic (exact) mass is 338 g/mol. The Kier molecular flexibility index (Phi) is 5.46. The molecule has 0 spiro atoms. The van der Waals surface area contributed by atoms with Gasteiger partial charge in [-0.15, -0.1) is 0 Å². The Morgan fingerprint density at radius 2 is 2.25 bits per heavy atom. The quantitative estimate of drug-likeness (QED) is 0.586. The zero-order valence-electron chi connectivity index (χ0n) is 2.29. The Morgan fingerprint density at radius 1 is 2.00 bits per heavy atom. The van der Waals surface area contributed by atoms with Crippen molar-refractivity contribution >= 4 is 19.4 Å². The maximum atomic E-state index is 3.08. The Labute approximate surface area is 44.4 Å². The van der Waals surface area contributed by atoms with Crippen LogP contribution in [0.2, 0.25) is 0 Å². The van der Waals surface area contributed by atoms with Crippen LogP contribution in [0.4, 0.5) is 0 Å². The molecule has 0 aliphatic carbocycles. The first kappa shape index (κ1) is 5.20. The molecule has 0 heterocycles. The van der Waals surface area contributed by atoms with Crippen LogP contribution in [-0.4, -0.2) is 0 Å². The van der Waals surface area contributed by atoms with E-state index in [4.69, 9.17) is 0 Å². The summed E-state index contributed by atoms with van der Waals surface area (Å²) in [6, 6.07) is 0. The van der Waals surface area contributed by atoms with Gasteiger partial charge in [-0.3, -0.25) is 0 Å². The normalized spacial score (nSPS) is 4.50. The fourth-order valence-corrected chi connectivity index (χ4v) is 0. The van der Waals surface area contributed by atoms with Crippen LogP contribution in [0.5, 0.6) is 0 Å². The molecule has 0 nitrogen and oxygen atoms in total. The molecule has 0 aromatic heterocycles. The summed E-state index contributed by atoms with van der Waals surface area (Å²) in [6.07, 6.45) is 0. The van der Waals surface area contributed by atoms with Crippen LogP contribution in [-0.2, 0) is 14.2 Å². The van der Waals surface area contributed by atoms with Crippen molar-refractivity contribution in [2.45, 2.75) is 6.92 Å². The van der Waals surface area contributed by atoms with E-state index in [1.165, 1.54) is 0 Å². The Bertz CT molecular complexity index is 42.8. The zero-order valence-corrected chi connectivity index (χ0v) is 7.38. The van der Waals surface area contributed by atoms with Gasteiger partial charge in [-0.2, -0.15) is 0 Å². The van der Waals surface area contributed by atoms with Crippen molar-refractivity contribution in [3.8, 4) is 4.20 Å². The summed E-state index contributed by atoms with van der Waals surface area (Å²) in [5.74, 6) is 0.